The summed E-state index contributed by atoms with van der Waals surface area (Å²) in [5, 5.41) is 13.1. The van der Waals surface area contributed by atoms with Crippen molar-refractivity contribution in [2.75, 3.05) is 11.5 Å². The second-order valence-corrected chi connectivity index (χ2v) is 7.22. The number of hydrogen-bond acceptors (Lipinski definition) is 5. The second-order valence-electron chi connectivity index (χ2n) is 4.50. The topological polar surface area (TPSA) is 89.3 Å². The average molecular weight is 305 g/mol. The third-order valence-corrected chi connectivity index (χ3v) is 5.37. The summed E-state index contributed by atoms with van der Waals surface area (Å²) in [4.78, 5) is 10.0. The molecule has 0 aliphatic carbocycles. The highest BCUT2D eigenvalue weighted by Gasteiger charge is 2.35. The van der Waals surface area contributed by atoms with Crippen molar-refractivity contribution in [2.24, 2.45) is 0 Å². The van der Waals surface area contributed by atoms with Gasteiger partial charge in [0.25, 0.3) is 5.69 Å². The van der Waals surface area contributed by atoms with Crippen LogP contribution in [0.5, 0.6) is 0 Å². The summed E-state index contributed by atoms with van der Waals surface area (Å²) in [6.45, 7) is 0.432. The van der Waals surface area contributed by atoms with Gasteiger partial charge in [0.05, 0.1) is 21.8 Å². The fraction of sp³-hybridized carbons (Fsp3) is 0.455. The molecule has 1 saturated heterocycles. The largest absolute Gasteiger partial charge is 0.307 e. The van der Waals surface area contributed by atoms with E-state index >= 15 is 0 Å². The minimum absolute atomic E-state index is 0.00746. The van der Waals surface area contributed by atoms with Gasteiger partial charge in [-0.2, -0.15) is 0 Å². The zero-order valence-corrected chi connectivity index (χ0v) is 11.5. The molecule has 19 heavy (non-hydrogen) atoms. The van der Waals surface area contributed by atoms with Crippen molar-refractivity contribution < 1.29 is 13.3 Å². The van der Waals surface area contributed by atoms with Crippen LogP contribution in [0.4, 0.5) is 5.69 Å². The summed E-state index contributed by atoms with van der Waals surface area (Å²) in [5.74, 6) is 0.0284. The minimum atomic E-state index is -3.05. The van der Waals surface area contributed by atoms with E-state index in [1.54, 1.807) is 12.1 Å². The third kappa shape index (κ3) is 3.65. The normalized spacial score (nSPS) is 25.3. The molecule has 1 aromatic carbocycles. The van der Waals surface area contributed by atoms with Crippen LogP contribution >= 0.6 is 11.6 Å². The molecule has 6 nitrogen and oxygen atoms in total. The van der Waals surface area contributed by atoms with E-state index in [4.69, 9.17) is 11.6 Å². The van der Waals surface area contributed by atoms with Gasteiger partial charge in [-0.1, -0.05) is 12.1 Å². The molecule has 1 aromatic rings. The number of nitro groups is 1. The molecule has 104 valence electrons. The molecule has 2 atom stereocenters. The van der Waals surface area contributed by atoms with Crippen LogP contribution in [0.25, 0.3) is 0 Å². The SMILES string of the molecule is O=[N+]([O-])c1ccc(CN[C@@H]2CS(=O)(=O)C[C@H]2Cl)cc1. The second kappa shape index (κ2) is 5.44. The Morgan fingerprint density at radius 3 is 2.42 bits per heavy atom. The van der Waals surface area contributed by atoms with Gasteiger partial charge in [0, 0.05) is 24.7 Å². The number of nitrogens with zero attached hydrogens (tertiary/aromatic N) is 1. The van der Waals surface area contributed by atoms with Gasteiger partial charge in [0.2, 0.25) is 0 Å². The lowest BCUT2D eigenvalue weighted by Gasteiger charge is -2.14. The van der Waals surface area contributed by atoms with Gasteiger partial charge in [-0.15, -0.1) is 11.6 Å². The van der Waals surface area contributed by atoms with Crippen LogP contribution in [0.1, 0.15) is 5.56 Å². The molecule has 8 heteroatoms. The van der Waals surface area contributed by atoms with E-state index in [1.807, 2.05) is 0 Å². The Morgan fingerprint density at radius 1 is 1.32 bits per heavy atom. The lowest BCUT2D eigenvalue weighted by Crippen LogP contribution is -2.35. The van der Waals surface area contributed by atoms with Crippen molar-refractivity contribution in [3.8, 4) is 0 Å². The molecule has 2 rings (SSSR count). The van der Waals surface area contributed by atoms with E-state index < -0.39 is 20.1 Å². The van der Waals surface area contributed by atoms with E-state index in [0.29, 0.717) is 6.54 Å². The lowest BCUT2D eigenvalue weighted by atomic mass is 10.2. The quantitative estimate of drug-likeness (QED) is 0.511. The molecule has 1 aliphatic rings. The van der Waals surface area contributed by atoms with Gasteiger partial charge in [-0.3, -0.25) is 10.1 Å². The van der Waals surface area contributed by atoms with Crippen LogP contribution in [0.15, 0.2) is 24.3 Å². The van der Waals surface area contributed by atoms with E-state index in [9.17, 15) is 18.5 Å². The van der Waals surface area contributed by atoms with E-state index in [0.717, 1.165) is 5.56 Å². The van der Waals surface area contributed by atoms with E-state index in [-0.39, 0.29) is 23.2 Å². The number of nitrogens with one attached hydrogen (secondary N) is 1. The molecule has 0 aromatic heterocycles. The van der Waals surface area contributed by atoms with Crippen molar-refractivity contribution >= 4 is 27.1 Å². The Hall–Kier alpha value is -1.18. The zero-order valence-electron chi connectivity index (χ0n) is 9.95. The highest BCUT2D eigenvalue weighted by atomic mass is 35.5. The first-order chi connectivity index (χ1) is 8.87. The first kappa shape index (κ1) is 14.2. The van der Waals surface area contributed by atoms with E-state index in [2.05, 4.69) is 5.32 Å². The molecule has 0 amide bonds. The molecule has 0 spiro atoms. The minimum Gasteiger partial charge on any atom is -0.307 e. The summed E-state index contributed by atoms with van der Waals surface area (Å²) in [5.41, 5.74) is 0.876. The molecule has 0 unspecified atom stereocenters. The van der Waals surface area contributed by atoms with Crippen molar-refractivity contribution in [2.45, 2.75) is 18.0 Å². The fourth-order valence-electron chi connectivity index (χ4n) is 1.98. The van der Waals surface area contributed by atoms with Gasteiger partial charge in [-0.25, -0.2) is 8.42 Å². The fourth-order valence-corrected chi connectivity index (χ4v) is 4.59. The summed E-state index contributed by atoms with van der Waals surface area (Å²) < 4.78 is 22.8. The molecule has 0 bridgehead atoms. The average Bonchev–Trinajstić information content (AvgIpc) is 2.60. The number of benzene rings is 1. The maximum absolute atomic E-state index is 11.4. The molecular weight excluding hydrogens is 292 g/mol. The zero-order chi connectivity index (χ0) is 14.0. The Morgan fingerprint density at radius 2 is 1.95 bits per heavy atom. The summed E-state index contributed by atoms with van der Waals surface area (Å²) >= 11 is 5.96. The highest BCUT2D eigenvalue weighted by Crippen LogP contribution is 2.19. The monoisotopic (exact) mass is 304 g/mol. The number of rotatable bonds is 4. The van der Waals surface area contributed by atoms with Crippen molar-refractivity contribution in [1.82, 2.24) is 5.32 Å². The first-order valence-electron chi connectivity index (χ1n) is 5.68. The number of nitro benzene ring substituents is 1. The van der Waals surface area contributed by atoms with Crippen molar-refractivity contribution in [3.05, 3.63) is 39.9 Å². The predicted octanol–water partition coefficient (Wildman–Crippen LogP) is 1.09. The summed E-state index contributed by atoms with van der Waals surface area (Å²) in [7, 11) is -3.05. The third-order valence-electron chi connectivity index (χ3n) is 3.00. The number of alkyl halides is 1. The Balaban J connectivity index is 1.94. The molecule has 1 N–H and O–H groups in total. The Kier molecular flexibility index (Phi) is 4.07. The predicted molar refractivity (Wildman–Crippen MR) is 72.0 cm³/mol. The molecule has 1 heterocycles. The van der Waals surface area contributed by atoms with E-state index in [1.165, 1.54) is 12.1 Å². The number of halogens is 1. The maximum Gasteiger partial charge on any atom is 0.269 e. The van der Waals surface area contributed by atoms with Gasteiger partial charge in [0.15, 0.2) is 9.84 Å². The van der Waals surface area contributed by atoms with Gasteiger partial charge < -0.3 is 5.32 Å². The molecule has 0 radical (unpaired) electrons. The smallest absolute Gasteiger partial charge is 0.269 e. The molecule has 1 fully saturated rings. The van der Waals surface area contributed by atoms with Crippen LogP contribution in [-0.4, -0.2) is 36.3 Å². The number of sulfone groups is 1. The van der Waals surface area contributed by atoms with Crippen LogP contribution in [-0.2, 0) is 16.4 Å². The highest BCUT2D eigenvalue weighted by molar-refractivity contribution is 7.91. The molecule has 0 saturated carbocycles. The van der Waals surface area contributed by atoms with Crippen molar-refractivity contribution in [3.63, 3.8) is 0 Å². The van der Waals surface area contributed by atoms with Gasteiger partial charge in [0.1, 0.15) is 0 Å². The Labute approximate surface area is 115 Å². The summed E-state index contributed by atoms with van der Waals surface area (Å²) in [6, 6.07) is 5.83. The molecular formula is C11H13ClN2O4S. The standard InChI is InChI=1S/C11H13ClN2O4S/c12-10-6-19(17,18)7-11(10)13-5-8-1-3-9(4-2-8)14(15)16/h1-4,10-11,13H,5-7H2/t10-,11-/m1/s1. The summed E-state index contributed by atoms with van der Waals surface area (Å²) in [6.07, 6.45) is 0. The van der Waals surface area contributed by atoms with Gasteiger partial charge in [-0.05, 0) is 5.56 Å². The number of non-ortho nitro benzene ring substituents is 1. The molecule has 1 aliphatic heterocycles. The lowest BCUT2D eigenvalue weighted by molar-refractivity contribution is -0.384. The first-order valence-corrected chi connectivity index (χ1v) is 7.94. The van der Waals surface area contributed by atoms with Crippen LogP contribution in [0.3, 0.4) is 0 Å². The van der Waals surface area contributed by atoms with Crippen LogP contribution < -0.4 is 5.32 Å². The maximum atomic E-state index is 11.4. The van der Waals surface area contributed by atoms with Crippen LogP contribution in [0.2, 0.25) is 0 Å². The van der Waals surface area contributed by atoms with Gasteiger partial charge >= 0.3 is 0 Å². The Bertz CT molecular complexity index is 573. The van der Waals surface area contributed by atoms with Crippen molar-refractivity contribution in [1.29, 1.82) is 0 Å². The number of hydrogen-bond donors (Lipinski definition) is 1. The van der Waals surface area contributed by atoms with Crippen LogP contribution in [0, 0.1) is 10.1 Å².